The number of carbonyl (C=O) groups is 2. The topological polar surface area (TPSA) is 58.6 Å². The van der Waals surface area contributed by atoms with Crippen LogP contribution in [0.4, 0.5) is 5.69 Å². The van der Waals surface area contributed by atoms with E-state index < -0.39 is 11.8 Å². The zero-order valence-corrected chi connectivity index (χ0v) is 15.5. The summed E-state index contributed by atoms with van der Waals surface area (Å²) in [4.78, 5) is 26.2. The summed E-state index contributed by atoms with van der Waals surface area (Å²) >= 11 is 12.0. The number of rotatable bonds is 6. The van der Waals surface area contributed by atoms with Crippen LogP contribution in [0.15, 0.2) is 59.3 Å². The molecule has 0 radical (unpaired) electrons. The quantitative estimate of drug-likeness (QED) is 0.751. The van der Waals surface area contributed by atoms with Gasteiger partial charge in [0, 0.05) is 5.02 Å². The van der Waals surface area contributed by atoms with Gasteiger partial charge in [-0.05, 0) is 36.8 Å². The van der Waals surface area contributed by atoms with E-state index in [2.05, 4.69) is 5.32 Å². The van der Waals surface area contributed by atoms with Crippen LogP contribution in [0.25, 0.3) is 0 Å². The molecule has 0 saturated carbocycles. The van der Waals surface area contributed by atoms with Crippen LogP contribution >= 0.6 is 23.2 Å². The molecule has 7 heteroatoms. The van der Waals surface area contributed by atoms with Crippen molar-refractivity contribution in [2.75, 3.05) is 11.9 Å². The number of ether oxygens (including phenoxy) is 1. The van der Waals surface area contributed by atoms with E-state index in [-0.39, 0.29) is 17.3 Å². The number of hydrogen-bond acceptors (Lipinski definition) is 4. The number of para-hydroxylation sites is 2. The van der Waals surface area contributed by atoms with Crippen molar-refractivity contribution in [2.45, 2.75) is 13.5 Å². The van der Waals surface area contributed by atoms with Crippen LogP contribution in [0, 0.1) is 0 Å². The number of halogens is 2. The summed E-state index contributed by atoms with van der Waals surface area (Å²) in [6.45, 7) is 2.45. The second kappa shape index (κ2) is 7.81. The molecule has 2 aromatic carbocycles. The largest absolute Gasteiger partial charge is 0.492 e. The highest BCUT2D eigenvalue weighted by molar-refractivity contribution is 6.48. The third kappa shape index (κ3) is 3.69. The van der Waals surface area contributed by atoms with E-state index in [9.17, 15) is 9.59 Å². The molecule has 0 bridgehead atoms. The molecular weight excluding hydrogens is 375 g/mol. The highest BCUT2D eigenvalue weighted by Gasteiger charge is 2.38. The van der Waals surface area contributed by atoms with Gasteiger partial charge in [-0.3, -0.25) is 14.5 Å². The number of nitrogens with one attached hydrogen (secondary N) is 1. The van der Waals surface area contributed by atoms with Gasteiger partial charge in [0.15, 0.2) is 0 Å². The van der Waals surface area contributed by atoms with Gasteiger partial charge in [-0.2, -0.15) is 0 Å². The molecule has 5 nitrogen and oxygen atoms in total. The van der Waals surface area contributed by atoms with E-state index in [1.807, 2.05) is 13.0 Å². The van der Waals surface area contributed by atoms with Crippen molar-refractivity contribution in [1.29, 1.82) is 0 Å². The second-order valence-electron chi connectivity index (χ2n) is 5.57. The van der Waals surface area contributed by atoms with E-state index >= 15 is 0 Å². The van der Waals surface area contributed by atoms with Gasteiger partial charge in [0.05, 0.1) is 18.8 Å². The third-order valence-electron chi connectivity index (χ3n) is 3.81. The zero-order chi connectivity index (χ0) is 18.7. The lowest BCUT2D eigenvalue weighted by Crippen LogP contribution is -2.31. The van der Waals surface area contributed by atoms with Crippen molar-refractivity contribution in [3.05, 3.63) is 69.8 Å². The SMILES string of the molecule is CCOc1ccccc1NC1=C(Cl)C(=O)N(Cc2ccc(Cl)cc2)C1=O. The summed E-state index contributed by atoms with van der Waals surface area (Å²) in [6, 6.07) is 14.1. The average Bonchev–Trinajstić information content (AvgIpc) is 2.83. The maximum Gasteiger partial charge on any atom is 0.279 e. The summed E-state index contributed by atoms with van der Waals surface area (Å²) < 4.78 is 5.53. The molecule has 0 atom stereocenters. The molecular formula is C19H16Cl2N2O3. The van der Waals surface area contributed by atoms with E-state index in [1.54, 1.807) is 42.5 Å². The summed E-state index contributed by atoms with van der Waals surface area (Å²) in [6.07, 6.45) is 0. The second-order valence-corrected chi connectivity index (χ2v) is 6.38. The molecule has 0 unspecified atom stereocenters. The highest BCUT2D eigenvalue weighted by atomic mass is 35.5. The molecule has 26 heavy (non-hydrogen) atoms. The van der Waals surface area contributed by atoms with Gasteiger partial charge in [-0.1, -0.05) is 47.5 Å². The van der Waals surface area contributed by atoms with Crippen LogP contribution in [0.5, 0.6) is 5.75 Å². The Balaban J connectivity index is 1.82. The minimum Gasteiger partial charge on any atom is -0.492 e. The maximum atomic E-state index is 12.7. The highest BCUT2D eigenvalue weighted by Crippen LogP contribution is 2.31. The van der Waals surface area contributed by atoms with Gasteiger partial charge in [0.1, 0.15) is 16.5 Å². The maximum absolute atomic E-state index is 12.7. The molecule has 0 saturated heterocycles. The summed E-state index contributed by atoms with van der Waals surface area (Å²) in [5.41, 5.74) is 1.38. The van der Waals surface area contributed by atoms with Gasteiger partial charge in [-0.25, -0.2) is 0 Å². The van der Waals surface area contributed by atoms with Crippen LogP contribution in [0.3, 0.4) is 0 Å². The van der Waals surface area contributed by atoms with Crippen molar-refractivity contribution in [3.8, 4) is 5.75 Å². The van der Waals surface area contributed by atoms with Gasteiger partial charge in [-0.15, -0.1) is 0 Å². The standard InChI is InChI=1S/C19H16Cl2N2O3/c1-2-26-15-6-4-3-5-14(15)22-17-16(21)18(24)23(19(17)25)11-12-7-9-13(20)10-8-12/h3-10,22H,2,11H2,1H3. The molecule has 2 amide bonds. The number of imide groups is 1. The molecule has 3 rings (SSSR count). The normalized spacial score (nSPS) is 14.2. The summed E-state index contributed by atoms with van der Waals surface area (Å²) in [5, 5.41) is 3.38. The Hall–Kier alpha value is -2.50. The fourth-order valence-electron chi connectivity index (χ4n) is 2.56. The number of hydrogen-bond donors (Lipinski definition) is 1. The van der Waals surface area contributed by atoms with Crippen molar-refractivity contribution in [1.82, 2.24) is 4.90 Å². The van der Waals surface area contributed by atoms with Crippen LogP contribution in [-0.4, -0.2) is 23.3 Å². The summed E-state index contributed by atoms with van der Waals surface area (Å²) in [7, 11) is 0. The van der Waals surface area contributed by atoms with E-state index in [0.717, 1.165) is 10.5 Å². The Morgan fingerprint density at radius 2 is 1.69 bits per heavy atom. The van der Waals surface area contributed by atoms with Crippen LogP contribution in [-0.2, 0) is 16.1 Å². The minimum absolute atomic E-state index is 0.0396. The van der Waals surface area contributed by atoms with Crippen molar-refractivity contribution >= 4 is 40.7 Å². The average molecular weight is 391 g/mol. The molecule has 1 N–H and O–H groups in total. The van der Waals surface area contributed by atoms with Gasteiger partial charge < -0.3 is 10.1 Å². The third-order valence-corrected chi connectivity index (χ3v) is 4.41. The molecule has 0 spiro atoms. The molecule has 134 valence electrons. The lowest BCUT2D eigenvalue weighted by atomic mass is 10.2. The van der Waals surface area contributed by atoms with Crippen LogP contribution in [0.2, 0.25) is 5.02 Å². The fourth-order valence-corrected chi connectivity index (χ4v) is 2.91. The predicted molar refractivity (Wildman–Crippen MR) is 101 cm³/mol. The zero-order valence-electron chi connectivity index (χ0n) is 14.0. The first kappa shape index (κ1) is 18.3. The van der Waals surface area contributed by atoms with Crippen molar-refractivity contribution < 1.29 is 14.3 Å². The lowest BCUT2D eigenvalue weighted by molar-refractivity contribution is -0.138. The van der Waals surface area contributed by atoms with E-state index in [0.29, 0.717) is 23.1 Å². The molecule has 1 heterocycles. The lowest BCUT2D eigenvalue weighted by Gasteiger charge is -2.16. The Labute approximate surface area is 161 Å². The minimum atomic E-state index is -0.539. The molecule has 0 aliphatic carbocycles. The Morgan fingerprint density at radius 1 is 1.00 bits per heavy atom. The Morgan fingerprint density at radius 3 is 2.38 bits per heavy atom. The number of anilines is 1. The Kier molecular flexibility index (Phi) is 5.49. The van der Waals surface area contributed by atoms with Crippen LogP contribution < -0.4 is 10.1 Å². The molecule has 0 fully saturated rings. The van der Waals surface area contributed by atoms with Gasteiger partial charge >= 0.3 is 0 Å². The molecule has 0 aromatic heterocycles. The van der Waals surface area contributed by atoms with Gasteiger partial charge in [0.2, 0.25) is 0 Å². The number of benzene rings is 2. The van der Waals surface area contributed by atoms with Crippen molar-refractivity contribution in [2.24, 2.45) is 0 Å². The van der Waals surface area contributed by atoms with Gasteiger partial charge in [0.25, 0.3) is 11.8 Å². The number of carbonyl (C=O) groups excluding carboxylic acids is 2. The first-order valence-electron chi connectivity index (χ1n) is 8.00. The Bertz CT molecular complexity index is 879. The first-order chi connectivity index (χ1) is 12.5. The molecule has 2 aromatic rings. The monoisotopic (exact) mass is 390 g/mol. The summed E-state index contributed by atoms with van der Waals surface area (Å²) in [5.74, 6) is -0.451. The number of nitrogens with zero attached hydrogens (tertiary/aromatic N) is 1. The predicted octanol–water partition coefficient (Wildman–Crippen LogP) is 4.17. The van der Waals surface area contributed by atoms with Crippen molar-refractivity contribution in [3.63, 3.8) is 0 Å². The van der Waals surface area contributed by atoms with E-state index in [1.165, 1.54) is 0 Å². The smallest absolute Gasteiger partial charge is 0.279 e. The van der Waals surface area contributed by atoms with E-state index in [4.69, 9.17) is 27.9 Å². The number of amides is 2. The molecule has 1 aliphatic rings. The van der Waals surface area contributed by atoms with Crippen LogP contribution in [0.1, 0.15) is 12.5 Å². The first-order valence-corrected chi connectivity index (χ1v) is 8.76. The fraction of sp³-hybridized carbons (Fsp3) is 0.158. The molecule has 1 aliphatic heterocycles.